The summed E-state index contributed by atoms with van der Waals surface area (Å²) in [6.45, 7) is 15.0. The van der Waals surface area contributed by atoms with Gasteiger partial charge in [0.1, 0.15) is 0 Å². The lowest BCUT2D eigenvalue weighted by atomic mass is 9.63. The molecule has 1 aliphatic heterocycles. The van der Waals surface area contributed by atoms with Crippen molar-refractivity contribution in [2.75, 3.05) is 18.5 Å². The van der Waals surface area contributed by atoms with Gasteiger partial charge >= 0.3 is 0 Å². The lowest BCUT2D eigenvalue weighted by Gasteiger charge is -2.49. The monoisotopic (exact) mass is 694 g/mol. The van der Waals surface area contributed by atoms with Crippen molar-refractivity contribution in [1.29, 1.82) is 0 Å². The molecule has 0 bridgehead atoms. The van der Waals surface area contributed by atoms with E-state index in [1.165, 1.54) is 0 Å². The summed E-state index contributed by atoms with van der Waals surface area (Å²) in [5, 5.41) is 3.12. The molecule has 2 aliphatic carbocycles. The van der Waals surface area contributed by atoms with Crippen molar-refractivity contribution in [3.05, 3.63) is 110 Å². The fourth-order valence-corrected chi connectivity index (χ4v) is 7.92. The van der Waals surface area contributed by atoms with E-state index in [-0.39, 0.29) is 45.7 Å². The molecule has 0 atom stereocenters. The van der Waals surface area contributed by atoms with Gasteiger partial charge in [0.05, 0.1) is 11.6 Å². The van der Waals surface area contributed by atoms with Gasteiger partial charge in [0, 0.05) is 53.5 Å². The third-order valence-electron chi connectivity index (χ3n) is 10.0. The fourth-order valence-electron chi connectivity index (χ4n) is 7.65. The van der Waals surface area contributed by atoms with Crippen LogP contribution in [0, 0.1) is 24.7 Å². The summed E-state index contributed by atoms with van der Waals surface area (Å²) >= 11 is 6.97. The molecular formula is C42H47ClN2O5. The zero-order chi connectivity index (χ0) is 36.0. The fraction of sp³-hybridized carbons (Fsp3) is 0.405. The summed E-state index contributed by atoms with van der Waals surface area (Å²) in [6, 6.07) is 19.5. The molecule has 0 spiro atoms. The highest BCUT2D eigenvalue weighted by Gasteiger charge is 2.49. The number of hydrogen-bond acceptors (Lipinski definition) is 6. The number of carbonyl (C=O) groups is 3. The number of benzene rings is 3. The van der Waals surface area contributed by atoms with E-state index >= 15 is 0 Å². The average Bonchev–Trinajstić information content (AvgIpc) is 3.02. The second-order valence-corrected chi connectivity index (χ2v) is 15.9. The van der Waals surface area contributed by atoms with E-state index in [1.807, 2.05) is 63.2 Å². The SMILES string of the molecule is CCOc1cc(C2C3=C(CC(C)(C)CC3=O)N(Cc3ccccc3)C3=C2C(=O)CC(C)(C)C3)cc(Cl)c1OCC(=O)Nc1ccc(C)c(C)c1. The molecule has 1 heterocycles. The quantitative estimate of drug-likeness (QED) is 0.240. The lowest BCUT2D eigenvalue weighted by molar-refractivity contribution is -0.120. The van der Waals surface area contributed by atoms with Gasteiger partial charge in [0.15, 0.2) is 29.7 Å². The molecule has 0 fully saturated rings. The molecule has 0 radical (unpaired) electrons. The summed E-state index contributed by atoms with van der Waals surface area (Å²) in [7, 11) is 0. The van der Waals surface area contributed by atoms with Crippen LogP contribution >= 0.6 is 11.6 Å². The Morgan fingerprint density at radius 3 is 2.04 bits per heavy atom. The van der Waals surface area contributed by atoms with Crippen molar-refractivity contribution in [3.8, 4) is 11.5 Å². The number of amides is 1. The molecule has 3 aliphatic rings. The van der Waals surface area contributed by atoms with Gasteiger partial charge in [0.2, 0.25) is 0 Å². The van der Waals surface area contributed by atoms with Gasteiger partial charge in [-0.2, -0.15) is 0 Å². The van der Waals surface area contributed by atoms with Gasteiger partial charge in [-0.1, -0.05) is 75.7 Å². The highest BCUT2D eigenvalue weighted by atomic mass is 35.5. The summed E-state index contributed by atoms with van der Waals surface area (Å²) in [5.74, 6) is -0.251. The van der Waals surface area contributed by atoms with Crippen LogP contribution in [-0.2, 0) is 20.9 Å². The number of allylic oxidation sites excluding steroid dienone is 4. The first-order chi connectivity index (χ1) is 23.7. The molecule has 50 heavy (non-hydrogen) atoms. The van der Waals surface area contributed by atoms with Gasteiger partial charge in [-0.3, -0.25) is 14.4 Å². The van der Waals surface area contributed by atoms with Crippen LogP contribution in [0.2, 0.25) is 5.02 Å². The van der Waals surface area contributed by atoms with Crippen LogP contribution in [0.4, 0.5) is 5.69 Å². The maximum atomic E-state index is 14.3. The standard InChI is InChI=1S/C42H47ClN2O5/c1-8-49-35-18-28(17-30(43)40(35)50-24-36(48)44-29-15-14-25(2)26(3)16-29)37-38-31(19-41(4,5)21-33(38)46)45(23-27-12-10-9-11-13-27)32-20-42(6,7)22-34(47)39(32)37/h9-18,37H,8,19-24H2,1-7H3,(H,44,48). The zero-order valence-corrected chi connectivity index (χ0v) is 30.9. The number of carbonyl (C=O) groups excluding carboxylic acids is 3. The third-order valence-corrected chi connectivity index (χ3v) is 10.3. The number of aryl methyl sites for hydroxylation is 2. The van der Waals surface area contributed by atoms with E-state index in [0.29, 0.717) is 67.0 Å². The summed E-state index contributed by atoms with van der Waals surface area (Å²) in [5.41, 5.74) is 7.48. The number of rotatable bonds is 9. The van der Waals surface area contributed by atoms with Gasteiger partial charge < -0.3 is 19.7 Å². The summed E-state index contributed by atoms with van der Waals surface area (Å²) in [4.78, 5) is 43.8. The molecule has 0 saturated heterocycles. The number of halogens is 1. The molecular weight excluding hydrogens is 648 g/mol. The lowest BCUT2D eigenvalue weighted by Crippen LogP contribution is -2.44. The number of ketones is 2. The first-order valence-corrected chi connectivity index (χ1v) is 17.8. The largest absolute Gasteiger partial charge is 0.490 e. The van der Waals surface area contributed by atoms with E-state index < -0.39 is 5.92 Å². The first kappa shape index (κ1) is 35.5. The third kappa shape index (κ3) is 7.25. The van der Waals surface area contributed by atoms with Crippen molar-refractivity contribution in [1.82, 2.24) is 4.90 Å². The van der Waals surface area contributed by atoms with Crippen molar-refractivity contribution >= 4 is 34.8 Å². The molecule has 0 aromatic heterocycles. The number of anilines is 1. The Morgan fingerprint density at radius 2 is 1.46 bits per heavy atom. The molecule has 0 saturated carbocycles. The van der Waals surface area contributed by atoms with E-state index in [1.54, 1.807) is 6.07 Å². The van der Waals surface area contributed by atoms with Crippen LogP contribution < -0.4 is 14.8 Å². The van der Waals surface area contributed by atoms with E-state index in [4.69, 9.17) is 21.1 Å². The second kappa shape index (κ2) is 13.7. The van der Waals surface area contributed by atoms with Gasteiger partial charge in [-0.05, 0) is 91.0 Å². The highest BCUT2D eigenvalue weighted by Crippen LogP contribution is 2.55. The van der Waals surface area contributed by atoms with E-state index in [9.17, 15) is 14.4 Å². The van der Waals surface area contributed by atoms with E-state index in [0.717, 1.165) is 28.1 Å². The van der Waals surface area contributed by atoms with Gasteiger partial charge in [-0.15, -0.1) is 0 Å². The molecule has 1 N–H and O–H groups in total. The van der Waals surface area contributed by atoms with Crippen molar-refractivity contribution in [3.63, 3.8) is 0 Å². The number of nitrogens with zero attached hydrogens (tertiary/aromatic N) is 1. The molecule has 3 aromatic rings. The Hall–Kier alpha value is -4.36. The van der Waals surface area contributed by atoms with Crippen LogP contribution in [0.25, 0.3) is 0 Å². The molecule has 8 heteroatoms. The molecule has 7 nitrogen and oxygen atoms in total. The minimum atomic E-state index is -0.599. The number of nitrogens with one attached hydrogen (secondary N) is 1. The van der Waals surface area contributed by atoms with Crippen LogP contribution in [0.5, 0.6) is 11.5 Å². The van der Waals surface area contributed by atoms with E-state index in [2.05, 4.69) is 50.0 Å². The minimum absolute atomic E-state index is 0.0425. The Balaban J connectivity index is 1.43. The predicted octanol–water partition coefficient (Wildman–Crippen LogP) is 9.26. The second-order valence-electron chi connectivity index (χ2n) is 15.5. The zero-order valence-electron chi connectivity index (χ0n) is 30.2. The Kier molecular flexibility index (Phi) is 9.75. The highest BCUT2D eigenvalue weighted by molar-refractivity contribution is 6.32. The molecule has 262 valence electrons. The summed E-state index contributed by atoms with van der Waals surface area (Å²) < 4.78 is 12.1. The minimum Gasteiger partial charge on any atom is -0.490 e. The van der Waals surface area contributed by atoms with Crippen molar-refractivity contribution < 1.29 is 23.9 Å². The Bertz CT molecular complexity index is 1870. The molecule has 1 amide bonds. The first-order valence-electron chi connectivity index (χ1n) is 17.5. The Morgan fingerprint density at radius 1 is 0.840 bits per heavy atom. The van der Waals surface area contributed by atoms with Crippen LogP contribution in [0.1, 0.15) is 88.5 Å². The van der Waals surface area contributed by atoms with Crippen molar-refractivity contribution in [2.24, 2.45) is 10.8 Å². The molecule has 0 unspecified atom stereocenters. The summed E-state index contributed by atoms with van der Waals surface area (Å²) in [6.07, 6.45) is 2.16. The maximum Gasteiger partial charge on any atom is 0.262 e. The molecule has 6 rings (SSSR count). The number of ether oxygens (including phenoxy) is 2. The Labute approximate surface area is 300 Å². The van der Waals surface area contributed by atoms with Crippen LogP contribution in [0.3, 0.4) is 0 Å². The predicted molar refractivity (Wildman–Crippen MR) is 197 cm³/mol. The maximum absolute atomic E-state index is 14.3. The topological polar surface area (TPSA) is 84.9 Å². The van der Waals surface area contributed by atoms with Crippen molar-refractivity contribution in [2.45, 2.75) is 86.6 Å². The molecule has 3 aromatic carbocycles. The average molecular weight is 695 g/mol. The smallest absolute Gasteiger partial charge is 0.262 e. The van der Waals surface area contributed by atoms with Crippen LogP contribution in [-0.4, -0.2) is 35.6 Å². The van der Waals surface area contributed by atoms with Gasteiger partial charge in [0.25, 0.3) is 5.91 Å². The number of hydrogen-bond donors (Lipinski definition) is 1. The van der Waals surface area contributed by atoms with Crippen LogP contribution in [0.15, 0.2) is 83.2 Å². The number of Topliss-reactive ketones (excluding diaryl/α,β-unsaturated/α-hetero) is 2. The normalized spacial score (nSPS) is 18.5. The van der Waals surface area contributed by atoms with Gasteiger partial charge in [-0.25, -0.2) is 0 Å².